The molecule has 2 N–H and O–H groups in total. The Morgan fingerprint density at radius 1 is 1.29 bits per heavy atom. The minimum absolute atomic E-state index is 0.119. The summed E-state index contributed by atoms with van der Waals surface area (Å²) in [6.45, 7) is 0.497. The molecular weight excluding hydrogens is 348 g/mol. The van der Waals surface area contributed by atoms with Gasteiger partial charge in [-0.3, -0.25) is 4.79 Å². The highest BCUT2D eigenvalue weighted by atomic mass is 79.9. The standard InChI is InChI=1S/C12H10Br2N2O/c13-9-5-11(15-7-9)12(17)16-6-8-3-1-2-4-10(8)14/h1-5,7,15H,6H2,(H,16,17). The van der Waals surface area contributed by atoms with Crippen molar-refractivity contribution < 1.29 is 4.79 Å². The van der Waals surface area contributed by atoms with E-state index in [4.69, 9.17) is 0 Å². The maximum atomic E-state index is 11.8. The van der Waals surface area contributed by atoms with Gasteiger partial charge in [0.2, 0.25) is 0 Å². The molecule has 1 amide bonds. The first-order valence-corrected chi connectivity index (χ1v) is 6.61. The van der Waals surface area contributed by atoms with Crippen LogP contribution in [0.2, 0.25) is 0 Å². The summed E-state index contributed by atoms with van der Waals surface area (Å²) in [5.74, 6) is -0.119. The third kappa shape index (κ3) is 3.20. The molecule has 0 aliphatic carbocycles. The normalized spacial score (nSPS) is 10.2. The highest BCUT2D eigenvalue weighted by molar-refractivity contribution is 9.10. The second-order valence-electron chi connectivity index (χ2n) is 3.51. The van der Waals surface area contributed by atoms with Crippen LogP contribution in [-0.2, 0) is 6.54 Å². The lowest BCUT2D eigenvalue weighted by molar-refractivity contribution is 0.0946. The van der Waals surface area contributed by atoms with Crippen LogP contribution in [0.3, 0.4) is 0 Å². The van der Waals surface area contributed by atoms with Gasteiger partial charge in [0.05, 0.1) is 0 Å². The number of H-pyrrole nitrogens is 1. The van der Waals surface area contributed by atoms with Crippen LogP contribution in [0.25, 0.3) is 0 Å². The summed E-state index contributed by atoms with van der Waals surface area (Å²) in [5.41, 5.74) is 1.59. The summed E-state index contributed by atoms with van der Waals surface area (Å²) in [6, 6.07) is 9.55. The number of carbonyl (C=O) groups excluding carboxylic acids is 1. The molecule has 0 saturated heterocycles. The van der Waals surface area contributed by atoms with Crippen LogP contribution < -0.4 is 5.32 Å². The van der Waals surface area contributed by atoms with E-state index < -0.39 is 0 Å². The van der Waals surface area contributed by atoms with Gasteiger partial charge in [0.1, 0.15) is 5.69 Å². The minimum Gasteiger partial charge on any atom is -0.356 e. The van der Waals surface area contributed by atoms with E-state index in [-0.39, 0.29) is 5.91 Å². The number of nitrogens with one attached hydrogen (secondary N) is 2. The van der Waals surface area contributed by atoms with Crippen molar-refractivity contribution in [3.05, 3.63) is 56.7 Å². The van der Waals surface area contributed by atoms with E-state index in [9.17, 15) is 4.79 Å². The summed E-state index contributed by atoms with van der Waals surface area (Å²) in [5, 5.41) is 2.85. The van der Waals surface area contributed by atoms with E-state index >= 15 is 0 Å². The highest BCUT2D eigenvalue weighted by Gasteiger charge is 2.07. The summed E-state index contributed by atoms with van der Waals surface area (Å²) >= 11 is 6.73. The molecule has 5 heteroatoms. The van der Waals surface area contributed by atoms with Crippen LogP contribution in [0.5, 0.6) is 0 Å². The van der Waals surface area contributed by atoms with Crippen molar-refractivity contribution >= 4 is 37.8 Å². The van der Waals surface area contributed by atoms with Crippen molar-refractivity contribution in [3.63, 3.8) is 0 Å². The number of aromatic amines is 1. The molecule has 0 fully saturated rings. The quantitative estimate of drug-likeness (QED) is 0.867. The molecular formula is C12H10Br2N2O. The predicted octanol–water partition coefficient (Wildman–Crippen LogP) is 3.47. The summed E-state index contributed by atoms with van der Waals surface area (Å²) < 4.78 is 1.86. The molecule has 17 heavy (non-hydrogen) atoms. The maximum Gasteiger partial charge on any atom is 0.267 e. The van der Waals surface area contributed by atoms with E-state index in [0.29, 0.717) is 12.2 Å². The zero-order valence-electron chi connectivity index (χ0n) is 8.84. The van der Waals surface area contributed by atoms with E-state index in [2.05, 4.69) is 42.2 Å². The Balaban J connectivity index is 1.99. The van der Waals surface area contributed by atoms with Crippen molar-refractivity contribution in [2.45, 2.75) is 6.54 Å². The SMILES string of the molecule is O=C(NCc1ccccc1Br)c1cc(Br)c[nH]1. The number of amides is 1. The molecule has 0 spiro atoms. The third-order valence-corrected chi connectivity index (χ3v) is 3.52. The lowest BCUT2D eigenvalue weighted by Gasteiger charge is -2.05. The fourth-order valence-corrected chi connectivity index (χ4v) is 2.18. The topological polar surface area (TPSA) is 44.9 Å². The van der Waals surface area contributed by atoms with Crippen molar-refractivity contribution in [3.8, 4) is 0 Å². The van der Waals surface area contributed by atoms with Gasteiger partial charge in [-0.25, -0.2) is 0 Å². The molecule has 0 bridgehead atoms. The van der Waals surface area contributed by atoms with Gasteiger partial charge < -0.3 is 10.3 Å². The summed E-state index contributed by atoms with van der Waals surface area (Å²) in [4.78, 5) is 14.6. The lowest BCUT2D eigenvalue weighted by atomic mass is 10.2. The Morgan fingerprint density at radius 2 is 2.06 bits per heavy atom. The molecule has 1 aromatic heterocycles. The Labute approximate surface area is 116 Å². The molecule has 3 nitrogen and oxygen atoms in total. The average molecular weight is 358 g/mol. The number of aromatic nitrogens is 1. The molecule has 0 radical (unpaired) electrons. The van der Waals surface area contributed by atoms with Gasteiger partial charge in [-0.1, -0.05) is 34.1 Å². The van der Waals surface area contributed by atoms with Gasteiger partial charge in [-0.15, -0.1) is 0 Å². The largest absolute Gasteiger partial charge is 0.356 e. The first-order chi connectivity index (χ1) is 8.16. The van der Waals surface area contributed by atoms with Gasteiger partial charge in [-0.2, -0.15) is 0 Å². The fourth-order valence-electron chi connectivity index (χ4n) is 1.41. The molecule has 1 aromatic carbocycles. The number of rotatable bonds is 3. The fraction of sp³-hybridized carbons (Fsp3) is 0.0833. The molecule has 0 unspecified atom stereocenters. The van der Waals surface area contributed by atoms with Gasteiger partial charge in [0, 0.05) is 21.7 Å². The molecule has 1 heterocycles. The Hall–Kier alpha value is -1.07. The number of hydrogen-bond acceptors (Lipinski definition) is 1. The predicted molar refractivity (Wildman–Crippen MR) is 73.8 cm³/mol. The van der Waals surface area contributed by atoms with Crippen LogP contribution in [0.1, 0.15) is 16.1 Å². The second-order valence-corrected chi connectivity index (χ2v) is 5.28. The van der Waals surface area contributed by atoms with Crippen molar-refractivity contribution in [2.24, 2.45) is 0 Å². The first-order valence-electron chi connectivity index (χ1n) is 5.02. The highest BCUT2D eigenvalue weighted by Crippen LogP contribution is 2.16. The van der Waals surface area contributed by atoms with Crippen LogP contribution >= 0.6 is 31.9 Å². The average Bonchev–Trinajstić information content (AvgIpc) is 2.74. The van der Waals surface area contributed by atoms with E-state index in [1.807, 2.05) is 24.3 Å². The van der Waals surface area contributed by atoms with E-state index in [1.165, 1.54) is 0 Å². The molecule has 0 aliphatic heterocycles. The monoisotopic (exact) mass is 356 g/mol. The molecule has 0 saturated carbocycles. The van der Waals surface area contributed by atoms with Gasteiger partial charge in [-0.05, 0) is 33.6 Å². The molecule has 88 valence electrons. The van der Waals surface area contributed by atoms with Gasteiger partial charge in [0.25, 0.3) is 5.91 Å². The summed E-state index contributed by atoms with van der Waals surface area (Å²) in [7, 11) is 0. The minimum atomic E-state index is -0.119. The Kier molecular flexibility index (Phi) is 4.02. The zero-order chi connectivity index (χ0) is 12.3. The summed E-state index contributed by atoms with van der Waals surface area (Å²) in [6.07, 6.45) is 1.73. The smallest absolute Gasteiger partial charge is 0.267 e. The van der Waals surface area contributed by atoms with E-state index in [1.54, 1.807) is 12.3 Å². The van der Waals surface area contributed by atoms with Crippen molar-refractivity contribution in [2.75, 3.05) is 0 Å². The van der Waals surface area contributed by atoms with Crippen molar-refractivity contribution in [1.82, 2.24) is 10.3 Å². The molecule has 0 aliphatic rings. The van der Waals surface area contributed by atoms with Gasteiger partial charge >= 0.3 is 0 Å². The second kappa shape index (κ2) is 5.51. The van der Waals surface area contributed by atoms with Crippen molar-refractivity contribution in [1.29, 1.82) is 0 Å². The molecule has 2 aromatic rings. The third-order valence-electron chi connectivity index (χ3n) is 2.29. The molecule has 2 rings (SSSR count). The van der Waals surface area contributed by atoms with Crippen LogP contribution in [0.15, 0.2) is 45.5 Å². The van der Waals surface area contributed by atoms with Crippen LogP contribution in [-0.4, -0.2) is 10.9 Å². The maximum absolute atomic E-state index is 11.8. The van der Waals surface area contributed by atoms with Gasteiger partial charge in [0.15, 0.2) is 0 Å². The number of halogens is 2. The molecule has 0 atom stereocenters. The number of benzene rings is 1. The van der Waals surface area contributed by atoms with Crippen LogP contribution in [0.4, 0.5) is 0 Å². The number of hydrogen-bond donors (Lipinski definition) is 2. The Morgan fingerprint density at radius 3 is 2.71 bits per heavy atom. The van der Waals surface area contributed by atoms with Crippen LogP contribution in [0, 0.1) is 0 Å². The first kappa shape index (κ1) is 12.4. The van der Waals surface area contributed by atoms with E-state index in [0.717, 1.165) is 14.5 Å². The zero-order valence-corrected chi connectivity index (χ0v) is 12.0. The number of carbonyl (C=O) groups is 1. The lowest BCUT2D eigenvalue weighted by Crippen LogP contribution is -2.23. The Bertz CT molecular complexity index is 537.